The number of anilines is 1. The van der Waals surface area contributed by atoms with Gasteiger partial charge >= 0.3 is 5.97 Å². The summed E-state index contributed by atoms with van der Waals surface area (Å²) in [6.07, 6.45) is 0. The van der Waals surface area contributed by atoms with E-state index in [2.05, 4.69) is 0 Å². The highest BCUT2D eigenvalue weighted by molar-refractivity contribution is 7.92. The Morgan fingerprint density at radius 3 is 2.52 bits per heavy atom. The zero-order valence-corrected chi connectivity index (χ0v) is 14.6. The fourth-order valence-corrected chi connectivity index (χ4v) is 3.96. The first-order chi connectivity index (χ1) is 12.8. The topological polar surface area (TPSA) is 136 Å². The molecule has 1 aliphatic heterocycles. The molecular weight excluding hydrogens is 380 g/mol. The molecular formula is C16H14N2O8S. The monoisotopic (exact) mass is 394 g/mol. The summed E-state index contributed by atoms with van der Waals surface area (Å²) in [4.78, 5) is 21.1. The summed E-state index contributed by atoms with van der Waals surface area (Å²) >= 11 is 0. The number of ether oxygens (including phenoxy) is 2. The minimum Gasteiger partial charge on any atom is -0.486 e. The third-order valence-electron chi connectivity index (χ3n) is 3.71. The molecule has 10 nitrogen and oxygen atoms in total. The molecule has 0 fully saturated rings. The molecule has 0 saturated heterocycles. The summed E-state index contributed by atoms with van der Waals surface area (Å²) in [5, 5.41) is 20.1. The van der Waals surface area contributed by atoms with Crippen molar-refractivity contribution >= 4 is 27.4 Å². The molecule has 1 aliphatic rings. The Morgan fingerprint density at radius 2 is 1.85 bits per heavy atom. The Labute approximate surface area is 153 Å². The lowest BCUT2D eigenvalue weighted by molar-refractivity contribution is -0.385. The van der Waals surface area contributed by atoms with Crippen LogP contribution in [0.1, 0.15) is 0 Å². The summed E-state index contributed by atoms with van der Waals surface area (Å²) in [7, 11) is -4.38. The lowest BCUT2D eigenvalue weighted by Gasteiger charge is -2.25. The van der Waals surface area contributed by atoms with Gasteiger partial charge in [-0.25, -0.2) is 8.42 Å². The molecule has 0 spiro atoms. The largest absolute Gasteiger partial charge is 0.486 e. The van der Waals surface area contributed by atoms with Gasteiger partial charge < -0.3 is 14.6 Å². The maximum atomic E-state index is 13.0. The molecule has 0 aliphatic carbocycles. The lowest BCUT2D eigenvalue weighted by atomic mass is 10.2. The molecule has 0 unspecified atom stereocenters. The molecule has 0 amide bonds. The van der Waals surface area contributed by atoms with E-state index in [9.17, 15) is 23.3 Å². The normalized spacial score (nSPS) is 13.0. The molecule has 0 radical (unpaired) electrons. The van der Waals surface area contributed by atoms with E-state index in [1.54, 1.807) is 0 Å². The number of hydrogen-bond acceptors (Lipinski definition) is 7. The molecule has 27 heavy (non-hydrogen) atoms. The fraction of sp³-hybridized carbons (Fsp3) is 0.188. The SMILES string of the molecule is O=C(O)CN(c1ccc2c(c1)OCCO2)S(=O)(=O)c1cccc([N+](=O)[O-])c1. The minimum absolute atomic E-state index is 0.0353. The highest BCUT2D eigenvalue weighted by Crippen LogP contribution is 2.36. The van der Waals surface area contributed by atoms with Crippen molar-refractivity contribution in [3.8, 4) is 11.5 Å². The number of fused-ring (bicyclic) bond motifs is 1. The van der Waals surface area contributed by atoms with E-state index in [0.717, 1.165) is 18.2 Å². The number of carboxylic acids is 1. The molecule has 2 aromatic rings. The van der Waals surface area contributed by atoms with Crippen LogP contribution in [0, 0.1) is 10.1 Å². The zero-order valence-electron chi connectivity index (χ0n) is 13.8. The number of nitrogens with zero attached hydrogens (tertiary/aromatic N) is 2. The number of sulfonamides is 1. The van der Waals surface area contributed by atoms with Crippen molar-refractivity contribution in [3.63, 3.8) is 0 Å². The van der Waals surface area contributed by atoms with E-state index < -0.39 is 38.0 Å². The third-order valence-corrected chi connectivity index (χ3v) is 5.48. The van der Waals surface area contributed by atoms with Crippen LogP contribution >= 0.6 is 0 Å². The van der Waals surface area contributed by atoms with Crippen molar-refractivity contribution in [2.24, 2.45) is 0 Å². The van der Waals surface area contributed by atoms with Gasteiger partial charge in [-0.3, -0.25) is 19.2 Å². The molecule has 1 heterocycles. The second-order valence-electron chi connectivity index (χ2n) is 5.49. The number of nitro benzene ring substituents is 1. The third kappa shape index (κ3) is 3.77. The molecule has 2 aromatic carbocycles. The Morgan fingerprint density at radius 1 is 1.15 bits per heavy atom. The van der Waals surface area contributed by atoms with Gasteiger partial charge in [-0.1, -0.05) is 6.07 Å². The van der Waals surface area contributed by atoms with Gasteiger partial charge in [-0.05, 0) is 18.2 Å². The fourth-order valence-electron chi connectivity index (χ4n) is 2.51. The van der Waals surface area contributed by atoms with Crippen molar-refractivity contribution in [2.45, 2.75) is 4.90 Å². The van der Waals surface area contributed by atoms with E-state index in [1.807, 2.05) is 0 Å². The average Bonchev–Trinajstić information content (AvgIpc) is 2.65. The van der Waals surface area contributed by atoms with E-state index in [0.29, 0.717) is 16.7 Å². The number of carboxylic acid groups (broad SMARTS) is 1. The first kappa shape index (κ1) is 18.5. The van der Waals surface area contributed by atoms with Crippen LogP contribution in [0.15, 0.2) is 47.4 Å². The zero-order chi connectivity index (χ0) is 19.6. The van der Waals surface area contributed by atoms with Crippen LogP contribution in [0.3, 0.4) is 0 Å². The summed E-state index contributed by atoms with van der Waals surface area (Å²) in [6.45, 7) is -0.255. The second kappa shape index (κ2) is 7.11. The standard InChI is InChI=1S/C16H14N2O8S/c19-16(20)10-17(11-4-5-14-15(9-11)26-7-6-25-14)27(23,24)13-3-1-2-12(8-13)18(21)22/h1-5,8-9H,6-7,10H2,(H,19,20). The summed E-state index contributed by atoms with van der Waals surface area (Å²) < 4.78 is 37.4. The van der Waals surface area contributed by atoms with Crippen LogP contribution in [0.25, 0.3) is 0 Å². The molecule has 0 aromatic heterocycles. The van der Waals surface area contributed by atoms with Crippen LogP contribution < -0.4 is 13.8 Å². The van der Waals surface area contributed by atoms with Gasteiger partial charge in [0.2, 0.25) is 0 Å². The Hall–Kier alpha value is -3.34. The number of hydrogen-bond donors (Lipinski definition) is 1. The van der Waals surface area contributed by atoms with Gasteiger partial charge in [-0.2, -0.15) is 0 Å². The van der Waals surface area contributed by atoms with Crippen molar-refractivity contribution < 1.29 is 32.7 Å². The van der Waals surface area contributed by atoms with E-state index in [-0.39, 0.29) is 18.0 Å². The maximum absolute atomic E-state index is 13.0. The Balaban J connectivity index is 2.08. The quantitative estimate of drug-likeness (QED) is 0.577. The van der Waals surface area contributed by atoms with E-state index in [1.165, 1.54) is 24.3 Å². The second-order valence-corrected chi connectivity index (χ2v) is 7.35. The highest BCUT2D eigenvalue weighted by atomic mass is 32.2. The van der Waals surface area contributed by atoms with Crippen molar-refractivity contribution in [3.05, 3.63) is 52.6 Å². The number of aliphatic carboxylic acids is 1. The van der Waals surface area contributed by atoms with Crippen LogP contribution in [0.5, 0.6) is 11.5 Å². The van der Waals surface area contributed by atoms with Crippen molar-refractivity contribution in [1.82, 2.24) is 0 Å². The minimum atomic E-state index is -4.38. The van der Waals surface area contributed by atoms with Gasteiger partial charge in [0.15, 0.2) is 11.5 Å². The molecule has 0 bridgehead atoms. The van der Waals surface area contributed by atoms with Crippen LogP contribution in [-0.2, 0) is 14.8 Å². The summed E-state index contributed by atoms with van der Waals surface area (Å²) in [5.74, 6) is -0.699. The van der Waals surface area contributed by atoms with Crippen molar-refractivity contribution in [1.29, 1.82) is 0 Å². The molecule has 142 valence electrons. The molecule has 0 atom stereocenters. The predicted octanol–water partition coefficient (Wildman–Crippen LogP) is 1.65. The smallest absolute Gasteiger partial charge is 0.324 e. The summed E-state index contributed by atoms with van der Waals surface area (Å²) in [6, 6.07) is 8.61. The highest BCUT2D eigenvalue weighted by Gasteiger charge is 2.29. The average molecular weight is 394 g/mol. The molecule has 3 rings (SSSR count). The predicted molar refractivity (Wildman–Crippen MR) is 92.7 cm³/mol. The maximum Gasteiger partial charge on any atom is 0.324 e. The number of carbonyl (C=O) groups is 1. The van der Waals surface area contributed by atoms with Gasteiger partial charge in [-0.15, -0.1) is 0 Å². The van der Waals surface area contributed by atoms with Crippen LogP contribution in [0.4, 0.5) is 11.4 Å². The van der Waals surface area contributed by atoms with Crippen molar-refractivity contribution in [2.75, 3.05) is 24.1 Å². The van der Waals surface area contributed by atoms with Crippen LogP contribution in [0.2, 0.25) is 0 Å². The van der Waals surface area contributed by atoms with Gasteiger partial charge in [0.05, 0.1) is 15.5 Å². The van der Waals surface area contributed by atoms with Gasteiger partial charge in [0.1, 0.15) is 19.8 Å². The van der Waals surface area contributed by atoms with E-state index >= 15 is 0 Å². The van der Waals surface area contributed by atoms with E-state index in [4.69, 9.17) is 14.6 Å². The first-order valence-electron chi connectivity index (χ1n) is 7.67. The van der Waals surface area contributed by atoms with Crippen LogP contribution in [-0.4, -0.2) is 44.2 Å². The number of nitro groups is 1. The Kier molecular flexibility index (Phi) is 4.86. The molecule has 1 N–H and O–H groups in total. The molecule has 0 saturated carbocycles. The number of benzene rings is 2. The summed E-state index contributed by atoms with van der Waals surface area (Å²) in [5.41, 5.74) is -0.387. The van der Waals surface area contributed by atoms with Gasteiger partial charge in [0.25, 0.3) is 15.7 Å². The molecule has 11 heteroatoms. The number of rotatable bonds is 6. The Bertz CT molecular complexity index is 1010. The first-order valence-corrected chi connectivity index (χ1v) is 9.11. The lowest BCUT2D eigenvalue weighted by Crippen LogP contribution is -2.35. The number of non-ortho nitro benzene ring substituents is 1. The van der Waals surface area contributed by atoms with Gasteiger partial charge in [0, 0.05) is 18.2 Å².